The van der Waals surface area contributed by atoms with Crippen LogP contribution in [0.15, 0.2) is 53.5 Å². The fourth-order valence-electron chi connectivity index (χ4n) is 2.55. The Morgan fingerprint density at radius 2 is 1.83 bits per heavy atom. The van der Waals surface area contributed by atoms with Crippen molar-refractivity contribution in [2.45, 2.75) is 13.3 Å². The van der Waals surface area contributed by atoms with E-state index in [-0.39, 0.29) is 36.4 Å². The molecule has 0 unspecified atom stereocenters. The highest BCUT2D eigenvalue weighted by molar-refractivity contribution is 14.0. The van der Waals surface area contributed by atoms with Crippen LogP contribution in [-0.2, 0) is 11.2 Å². The first-order chi connectivity index (χ1) is 14.0. The summed E-state index contributed by atoms with van der Waals surface area (Å²) in [5.74, 6) is 1.77. The summed E-state index contributed by atoms with van der Waals surface area (Å²) < 4.78 is 11.0. The zero-order valence-electron chi connectivity index (χ0n) is 18.0. The zero-order chi connectivity index (χ0) is 21.1. The maximum atomic E-state index is 11.9. The lowest BCUT2D eigenvalue weighted by Gasteiger charge is -2.16. The van der Waals surface area contributed by atoms with Crippen LogP contribution in [0.1, 0.15) is 12.5 Å². The molecule has 7 nitrogen and oxygen atoms in total. The Morgan fingerprint density at radius 1 is 1.10 bits per heavy atom. The van der Waals surface area contributed by atoms with Crippen molar-refractivity contribution in [3.63, 3.8) is 0 Å². The molecule has 30 heavy (non-hydrogen) atoms. The molecule has 0 atom stereocenters. The first-order valence-electron chi connectivity index (χ1n) is 9.63. The third-order valence-electron chi connectivity index (χ3n) is 4.15. The van der Waals surface area contributed by atoms with Crippen LogP contribution in [0.25, 0.3) is 0 Å². The predicted octanol–water partition coefficient (Wildman–Crippen LogP) is 3.40. The molecule has 0 aromatic heterocycles. The minimum Gasteiger partial charge on any atom is -0.493 e. The molecular formula is C22H31IN4O3. The van der Waals surface area contributed by atoms with E-state index in [9.17, 15) is 4.79 Å². The van der Waals surface area contributed by atoms with Crippen LogP contribution in [0.4, 0.5) is 5.69 Å². The number of ether oxygens (including phenoxy) is 2. The molecule has 0 bridgehead atoms. The van der Waals surface area contributed by atoms with Crippen molar-refractivity contribution in [3.8, 4) is 11.5 Å². The number of carbonyl (C=O) groups excluding carboxylic acids is 1. The third kappa shape index (κ3) is 8.48. The summed E-state index contributed by atoms with van der Waals surface area (Å²) in [7, 11) is 5.03. The van der Waals surface area contributed by atoms with E-state index in [0.29, 0.717) is 30.6 Å². The van der Waals surface area contributed by atoms with Crippen LogP contribution in [0, 0.1) is 0 Å². The Kier molecular flexibility index (Phi) is 11.7. The molecular weight excluding hydrogens is 495 g/mol. The number of nitrogens with zero attached hydrogens (tertiary/aromatic N) is 2. The quantitative estimate of drug-likeness (QED) is 0.298. The lowest BCUT2D eigenvalue weighted by Crippen LogP contribution is -2.34. The summed E-state index contributed by atoms with van der Waals surface area (Å²) in [6, 6.07) is 15.8. The SMILES string of the molecule is CCOc1ccc(NC(=NCC(=O)N(C)C)NCCc2ccccc2)cc1OC.I. The molecule has 2 N–H and O–H groups in total. The number of nitrogens with one attached hydrogen (secondary N) is 2. The van der Waals surface area contributed by atoms with Gasteiger partial charge in [0.2, 0.25) is 5.91 Å². The highest BCUT2D eigenvalue weighted by atomic mass is 127. The lowest BCUT2D eigenvalue weighted by molar-refractivity contribution is -0.127. The molecule has 0 heterocycles. The number of carbonyl (C=O) groups is 1. The molecule has 1 amide bonds. The van der Waals surface area contributed by atoms with Gasteiger partial charge < -0.3 is 25.0 Å². The highest BCUT2D eigenvalue weighted by Crippen LogP contribution is 2.30. The summed E-state index contributed by atoms with van der Waals surface area (Å²) in [6.45, 7) is 3.22. The van der Waals surface area contributed by atoms with Gasteiger partial charge in [0, 0.05) is 32.4 Å². The molecule has 0 saturated carbocycles. The number of anilines is 1. The van der Waals surface area contributed by atoms with Crippen molar-refractivity contribution in [3.05, 3.63) is 54.1 Å². The highest BCUT2D eigenvalue weighted by Gasteiger charge is 2.09. The molecule has 0 aliphatic heterocycles. The topological polar surface area (TPSA) is 75.2 Å². The summed E-state index contributed by atoms with van der Waals surface area (Å²) in [4.78, 5) is 17.9. The Hall–Kier alpha value is -2.49. The second-order valence-electron chi connectivity index (χ2n) is 6.54. The summed E-state index contributed by atoms with van der Waals surface area (Å²) >= 11 is 0. The minimum absolute atomic E-state index is 0. The van der Waals surface area contributed by atoms with Crippen LogP contribution >= 0.6 is 24.0 Å². The van der Waals surface area contributed by atoms with Gasteiger partial charge in [-0.05, 0) is 31.0 Å². The smallest absolute Gasteiger partial charge is 0.243 e. The monoisotopic (exact) mass is 526 g/mol. The maximum Gasteiger partial charge on any atom is 0.243 e. The molecule has 0 spiro atoms. The predicted molar refractivity (Wildman–Crippen MR) is 132 cm³/mol. The Labute approximate surface area is 195 Å². The van der Waals surface area contributed by atoms with Gasteiger partial charge in [-0.1, -0.05) is 30.3 Å². The fraction of sp³-hybridized carbons (Fsp3) is 0.364. The van der Waals surface area contributed by atoms with E-state index in [4.69, 9.17) is 9.47 Å². The minimum atomic E-state index is -0.0709. The molecule has 2 aromatic rings. The number of guanidine groups is 1. The van der Waals surface area contributed by atoms with Gasteiger partial charge in [0.05, 0.1) is 13.7 Å². The fourth-order valence-corrected chi connectivity index (χ4v) is 2.55. The molecule has 0 saturated heterocycles. The number of hydrogen-bond acceptors (Lipinski definition) is 4. The molecule has 164 valence electrons. The van der Waals surface area contributed by atoms with Gasteiger partial charge in [-0.2, -0.15) is 0 Å². The average Bonchev–Trinajstić information content (AvgIpc) is 2.73. The number of aliphatic imine (C=N–C) groups is 1. The second-order valence-corrected chi connectivity index (χ2v) is 6.54. The number of likely N-dealkylation sites (N-methyl/N-ethyl adjacent to an activating group) is 1. The van der Waals surface area contributed by atoms with Crippen LogP contribution in [-0.4, -0.2) is 57.7 Å². The standard InChI is InChI=1S/C22H30N4O3.HI/c1-5-29-19-12-11-18(15-20(19)28-4)25-22(24-16-21(27)26(2)3)23-14-13-17-9-7-6-8-10-17;/h6-12,15H,5,13-14,16H2,1-4H3,(H2,23,24,25);1H. The molecule has 2 rings (SSSR count). The van der Waals surface area contributed by atoms with Gasteiger partial charge >= 0.3 is 0 Å². The van der Waals surface area contributed by atoms with Crippen molar-refractivity contribution in [2.75, 3.05) is 46.2 Å². The van der Waals surface area contributed by atoms with Crippen molar-refractivity contribution < 1.29 is 14.3 Å². The van der Waals surface area contributed by atoms with Crippen molar-refractivity contribution in [2.24, 2.45) is 4.99 Å². The zero-order valence-corrected chi connectivity index (χ0v) is 20.3. The maximum absolute atomic E-state index is 11.9. The van der Waals surface area contributed by atoms with Crippen LogP contribution in [0.5, 0.6) is 11.5 Å². The summed E-state index contributed by atoms with van der Waals surface area (Å²) in [5, 5.41) is 6.52. The van der Waals surface area contributed by atoms with E-state index < -0.39 is 0 Å². The van der Waals surface area contributed by atoms with E-state index in [1.165, 1.54) is 10.5 Å². The van der Waals surface area contributed by atoms with Crippen molar-refractivity contribution >= 4 is 41.5 Å². The number of halogens is 1. The molecule has 8 heteroatoms. The molecule has 2 aromatic carbocycles. The Balaban J connectivity index is 0.00000450. The van der Waals surface area contributed by atoms with Crippen LogP contribution in [0.2, 0.25) is 0 Å². The lowest BCUT2D eigenvalue weighted by atomic mass is 10.1. The van der Waals surface area contributed by atoms with E-state index in [2.05, 4.69) is 27.8 Å². The largest absolute Gasteiger partial charge is 0.493 e. The van der Waals surface area contributed by atoms with Crippen LogP contribution in [0.3, 0.4) is 0 Å². The number of rotatable bonds is 9. The van der Waals surface area contributed by atoms with Gasteiger partial charge in [0.1, 0.15) is 6.54 Å². The van der Waals surface area contributed by atoms with Crippen molar-refractivity contribution in [1.82, 2.24) is 10.2 Å². The summed E-state index contributed by atoms with van der Waals surface area (Å²) in [5.41, 5.74) is 2.01. The van der Waals surface area contributed by atoms with E-state index in [0.717, 1.165) is 12.1 Å². The van der Waals surface area contributed by atoms with Crippen LogP contribution < -0.4 is 20.1 Å². The summed E-state index contributed by atoms with van der Waals surface area (Å²) in [6.07, 6.45) is 0.843. The molecule has 0 aliphatic carbocycles. The number of methoxy groups -OCH3 is 1. The third-order valence-corrected chi connectivity index (χ3v) is 4.15. The van der Waals surface area contributed by atoms with Crippen molar-refractivity contribution in [1.29, 1.82) is 0 Å². The van der Waals surface area contributed by atoms with E-state index >= 15 is 0 Å². The number of amides is 1. The number of benzene rings is 2. The van der Waals surface area contributed by atoms with Gasteiger partial charge in [-0.25, -0.2) is 4.99 Å². The second kappa shape index (κ2) is 13.7. The van der Waals surface area contributed by atoms with E-state index in [1.54, 1.807) is 21.2 Å². The first kappa shape index (κ1) is 25.5. The van der Waals surface area contributed by atoms with Gasteiger partial charge in [-0.3, -0.25) is 4.79 Å². The normalized spacial score (nSPS) is 10.6. The molecule has 0 aliphatic rings. The average molecular weight is 526 g/mol. The Morgan fingerprint density at radius 3 is 2.47 bits per heavy atom. The van der Waals surface area contributed by atoms with Gasteiger partial charge in [-0.15, -0.1) is 24.0 Å². The molecule has 0 fully saturated rings. The Bertz CT molecular complexity index is 813. The van der Waals surface area contributed by atoms with Gasteiger partial charge in [0.25, 0.3) is 0 Å². The van der Waals surface area contributed by atoms with E-state index in [1.807, 2.05) is 43.3 Å². The van der Waals surface area contributed by atoms with Gasteiger partial charge in [0.15, 0.2) is 17.5 Å². The first-order valence-corrected chi connectivity index (χ1v) is 9.63. The number of hydrogen-bond donors (Lipinski definition) is 2. The molecule has 0 radical (unpaired) electrons.